The molecule has 0 aromatic heterocycles. The average molecular weight is 264 g/mol. The number of carbonyl (C=O) groups excluding carboxylic acids is 2. The average Bonchev–Trinajstić information content (AvgIpc) is 3.12. The Bertz CT molecular complexity index is 368. The Morgan fingerprint density at radius 2 is 1.79 bits per heavy atom. The van der Waals surface area contributed by atoms with Crippen molar-refractivity contribution in [3.8, 4) is 0 Å². The normalized spacial score (nSPS) is 35.9. The van der Waals surface area contributed by atoms with Crippen LogP contribution in [0.3, 0.4) is 0 Å². The standard InChI is InChI=1S/C15H24N2O2/c1-3-9-6-11-12(7-9)15(19)17(14(11)18)8-13(16-2)10-4-5-10/h9-13,16H,3-8H2,1-2H3. The third kappa shape index (κ3) is 2.20. The minimum atomic E-state index is -0.00541. The van der Waals surface area contributed by atoms with Crippen LogP contribution in [-0.2, 0) is 9.59 Å². The number of nitrogens with one attached hydrogen (secondary N) is 1. The van der Waals surface area contributed by atoms with Gasteiger partial charge >= 0.3 is 0 Å². The van der Waals surface area contributed by atoms with Gasteiger partial charge in [0.15, 0.2) is 0 Å². The molecule has 4 nitrogen and oxygen atoms in total. The summed E-state index contributed by atoms with van der Waals surface area (Å²) in [6.07, 6.45) is 5.40. The van der Waals surface area contributed by atoms with Gasteiger partial charge in [-0.15, -0.1) is 0 Å². The molecule has 2 saturated carbocycles. The SMILES string of the molecule is CCC1CC2C(=O)N(CC(NC)C3CC3)C(=O)C2C1. The summed E-state index contributed by atoms with van der Waals surface area (Å²) in [6, 6.07) is 0.300. The molecule has 2 aliphatic carbocycles. The lowest BCUT2D eigenvalue weighted by atomic mass is 10.00. The van der Waals surface area contributed by atoms with Crippen LogP contribution < -0.4 is 5.32 Å². The number of fused-ring (bicyclic) bond motifs is 1. The molecule has 3 rings (SSSR count). The zero-order chi connectivity index (χ0) is 13.6. The second-order valence-corrected chi connectivity index (χ2v) is 6.48. The van der Waals surface area contributed by atoms with Crippen LogP contribution in [0.15, 0.2) is 0 Å². The van der Waals surface area contributed by atoms with Crippen LogP contribution in [-0.4, -0.2) is 36.3 Å². The van der Waals surface area contributed by atoms with Crippen molar-refractivity contribution in [3.63, 3.8) is 0 Å². The van der Waals surface area contributed by atoms with E-state index in [0.29, 0.717) is 24.4 Å². The van der Waals surface area contributed by atoms with E-state index in [0.717, 1.165) is 19.3 Å². The second kappa shape index (κ2) is 4.89. The van der Waals surface area contributed by atoms with E-state index in [1.54, 1.807) is 4.90 Å². The van der Waals surface area contributed by atoms with E-state index in [1.165, 1.54) is 12.8 Å². The van der Waals surface area contributed by atoms with E-state index in [4.69, 9.17) is 0 Å². The summed E-state index contributed by atoms with van der Waals surface area (Å²) in [5.41, 5.74) is 0. The summed E-state index contributed by atoms with van der Waals surface area (Å²) in [7, 11) is 1.93. The molecule has 1 saturated heterocycles. The Morgan fingerprint density at radius 3 is 2.21 bits per heavy atom. The molecule has 0 aromatic carbocycles. The first-order valence-electron chi connectivity index (χ1n) is 7.68. The van der Waals surface area contributed by atoms with Crippen LogP contribution in [0.5, 0.6) is 0 Å². The first kappa shape index (κ1) is 13.1. The molecule has 4 heteroatoms. The Labute approximate surface area is 114 Å². The fourth-order valence-electron chi connectivity index (χ4n) is 3.88. The summed E-state index contributed by atoms with van der Waals surface area (Å²) >= 11 is 0. The summed E-state index contributed by atoms with van der Waals surface area (Å²) in [5.74, 6) is 1.44. The maximum atomic E-state index is 12.4. The molecule has 0 spiro atoms. The molecular weight excluding hydrogens is 240 g/mol. The Kier molecular flexibility index (Phi) is 3.37. The number of hydrogen-bond acceptors (Lipinski definition) is 3. The summed E-state index contributed by atoms with van der Waals surface area (Å²) in [6.45, 7) is 2.74. The van der Waals surface area contributed by atoms with Gasteiger partial charge in [-0.1, -0.05) is 13.3 Å². The van der Waals surface area contributed by atoms with E-state index < -0.39 is 0 Å². The lowest BCUT2D eigenvalue weighted by Gasteiger charge is -2.23. The molecular formula is C15H24N2O2. The molecule has 3 unspecified atom stereocenters. The van der Waals surface area contributed by atoms with E-state index >= 15 is 0 Å². The van der Waals surface area contributed by atoms with Crippen molar-refractivity contribution in [2.24, 2.45) is 23.7 Å². The fourth-order valence-corrected chi connectivity index (χ4v) is 3.88. The molecule has 0 radical (unpaired) electrons. The molecule has 3 fully saturated rings. The summed E-state index contributed by atoms with van der Waals surface area (Å²) < 4.78 is 0. The van der Waals surface area contributed by atoms with Gasteiger partial charge < -0.3 is 5.32 Å². The van der Waals surface area contributed by atoms with Gasteiger partial charge in [0.05, 0.1) is 11.8 Å². The van der Waals surface area contributed by atoms with Gasteiger partial charge in [-0.05, 0) is 44.6 Å². The van der Waals surface area contributed by atoms with Crippen molar-refractivity contribution in [1.29, 1.82) is 0 Å². The highest BCUT2D eigenvalue weighted by molar-refractivity contribution is 6.05. The van der Waals surface area contributed by atoms with Crippen LogP contribution in [0.1, 0.15) is 39.0 Å². The van der Waals surface area contributed by atoms with Gasteiger partial charge in [0.25, 0.3) is 0 Å². The number of nitrogens with zero attached hydrogens (tertiary/aromatic N) is 1. The molecule has 19 heavy (non-hydrogen) atoms. The number of hydrogen-bond donors (Lipinski definition) is 1. The van der Waals surface area contributed by atoms with Crippen molar-refractivity contribution in [3.05, 3.63) is 0 Å². The molecule has 1 aliphatic heterocycles. The second-order valence-electron chi connectivity index (χ2n) is 6.48. The maximum Gasteiger partial charge on any atom is 0.233 e. The maximum absolute atomic E-state index is 12.4. The van der Waals surface area contributed by atoms with Gasteiger partial charge in [-0.2, -0.15) is 0 Å². The minimum absolute atomic E-state index is 0.00541. The lowest BCUT2D eigenvalue weighted by Crippen LogP contribution is -2.44. The molecule has 1 N–H and O–H groups in total. The number of likely N-dealkylation sites (N-methyl/N-ethyl adjacent to an activating group) is 1. The monoisotopic (exact) mass is 264 g/mol. The largest absolute Gasteiger partial charge is 0.315 e. The summed E-state index contributed by atoms with van der Waals surface area (Å²) in [5, 5.41) is 3.27. The molecule has 106 valence electrons. The Morgan fingerprint density at radius 1 is 1.21 bits per heavy atom. The number of carbonyl (C=O) groups is 2. The third-order valence-corrected chi connectivity index (χ3v) is 5.35. The van der Waals surface area contributed by atoms with Gasteiger partial charge in [0, 0.05) is 12.6 Å². The van der Waals surface area contributed by atoms with Gasteiger partial charge in [-0.25, -0.2) is 0 Å². The molecule has 0 bridgehead atoms. The van der Waals surface area contributed by atoms with Gasteiger partial charge in [0.1, 0.15) is 0 Å². The Balaban J connectivity index is 1.68. The highest BCUT2D eigenvalue weighted by atomic mass is 16.2. The van der Waals surface area contributed by atoms with Crippen LogP contribution in [0.25, 0.3) is 0 Å². The lowest BCUT2D eigenvalue weighted by molar-refractivity contribution is -0.141. The van der Waals surface area contributed by atoms with Gasteiger partial charge in [-0.3, -0.25) is 14.5 Å². The quantitative estimate of drug-likeness (QED) is 0.764. The van der Waals surface area contributed by atoms with Gasteiger partial charge in [0.2, 0.25) is 11.8 Å². The van der Waals surface area contributed by atoms with E-state index in [1.807, 2.05) is 7.05 Å². The fraction of sp³-hybridized carbons (Fsp3) is 0.867. The van der Waals surface area contributed by atoms with Crippen molar-refractivity contribution in [2.75, 3.05) is 13.6 Å². The zero-order valence-electron chi connectivity index (χ0n) is 11.9. The van der Waals surface area contributed by atoms with Crippen molar-refractivity contribution < 1.29 is 9.59 Å². The first-order chi connectivity index (χ1) is 9.15. The minimum Gasteiger partial charge on any atom is -0.315 e. The van der Waals surface area contributed by atoms with Crippen molar-refractivity contribution >= 4 is 11.8 Å². The predicted octanol–water partition coefficient (Wildman–Crippen LogP) is 1.41. The molecule has 0 aromatic rings. The molecule has 1 heterocycles. The highest BCUT2D eigenvalue weighted by Crippen LogP contribution is 2.44. The predicted molar refractivity (Wildman–Crippen MR) is 72.3 cm³/mol. The van der Waals surface area contributed by atoms with Crippen LogP contribution in [0.4, 0.5) is 0 Å². The van der Waals surface area contributed by atoms with Crippen molar-refractivity contribution in [1.82, 2.24) is 10.2 Å². The van der Waals surface area contributed by atoms with Crippen LogP contribution >= 0.6 is 0 Å². The van der Waals surface area contributed by atoms with Crippen LogP contribution in [0, 0.1) is 23.7 Å². The number of likely N-dealkylation sites (tertiary alicyclic amines) is 1. The number of amides is 2. The highest BCUT2D eigenvalue weighted by Gasteiger charge is 2.52. The van der Waals surface area contributed by atoms with E-state index in [2.05, 4.69) is 12.2 Å². The zero-order valence-corrected chi connectivity index (χ0v) is 11.9. The Hall–Kier alpha value is -0.900. The van der Waals surface area contributed by atoms with Crippen molar-refractivity contribution in [2.45, 2.75) is 45.1 Å². The summed E-state index contributed by atoms with van der Waals surface area (Å²) in [4.78, 5) is 26.4. The number of rotatable bonds is 5. The van der Waals surface area contributed by atoms with Crippen LogP contribution in [0.2, 0.25) is 0 Å². The third-order valence-electron chi connectivity index (χ3n) is 5.35. The smallest absolute Gasteiger partial charge is 0.233 e. The molecule has 3 atom stereocenters. The van der Waals surface area contributed by atoms with E-state index in [9.17, 15) is 9.59 Å². The molecule has 2 amide bonds. The topological polar surface area (TPSA) is 49.4 Å². The number of imide groups is 1. The molecule has 3 aliphatic rings. The first-order valence-corrected chi connectivity index (χ1v) is 7.68. The van der Waals surface area contributed by atoms with E-state index in [-0.39, 0.29) is 23.7 Å².